The number of esters is 1. The van der Waals surface area contributed by atoms with Gasteiger partial charge in [-0.25, -0.2) is 0 Å². The van der Waals surface area contributed by atoms with Crippen LogP contribution < -0.4 is 0 Å². The predicted molar refractivity (Wildman–Crippen MR) is 101 cm³/mol. The lowest BCUT2D eigenvalue weighted by molar-refractivity contribution is -0.153. The number of aliphatic hydroxyl groups excluding tert-OH is 1. The molecule has 0 heterocycles. The zero-order chi connectivity index (χ0) is 18.6. The van der Waals surface area contributed by atoms with Crippen LogP contribution in [0.2, 0.25) is 0 Å². The molecule has 2 aromatic carbocycles. The van der Waals surface area contributed by atoms with Crippen LogP contribution in [0.5, 0.6) is 0 Å². The van der Waals surface area contributed by atoms with E-state index in [0.717, 1.165) is 24.0 Å². The topological polar surface area (TPSA) is 55.8 Å². The zero-order valence-corrected chi connectivity index (χ0v) is 15.3. The van der Waals surface area contributed by atoms with Gasteiger partial charge in [0.1, 0.15) is 6.61 Å². The molecule has 0 saturated heterocycles. The molecule has 0 saturated carbocycles. The molecule has 4 heteroatoms. The number of carbonyl (C=O) groups excluding carboxylic acids is 1. The Morgan fingerprint density at radius 3 is 2.12 bits per heavy atom. The largest absolute Gasteiger partial charge is 0.461 e. The molecule has 26 heavy (non-hydrogen) atoms. The minimum atomic E-state index is -0.688. The molecule has 0 bridgehead atoms. The first-order chi connectivity index (χ1) is 12.7. The van der Waals surface area contributed by atoms with Gasteiger partial charge in [0.2, 0.25) is 0 Å². The van der Waals surface area contributed by atoms with E-state index in [1.54, 1.807) is 6.92 Å². The second kappa shape index (κ2) is 11.4. The quantitative estimate of drug-likeness (QED) is 0.486. The summed E-state index contributed by atoms with van der Waals surface area (Å²) in [5.74, 6) is -0.884. The third kappa shape index (κ3) is 7.38. The van der Waals surface area contributed by atoms with Gasteiger partial charge < -0.3 is 14.6 Å². The molecule has 140 valence electrons. The summed E-state index contributed by atoms with van der Waals surface area (Å²) in [5.41, 5.74) is 2.10. The van der Waals surface area contributed by atoms with Gasteiger partial charge in [-0.2, -0.15) is 0 Å². The number of ether oxygens (including phenoxy) is 2. The number of hydrogen-bond acceptors (Lipinski definition) is 4. The van der Waals surface area contributed by atoms with Gasteiger partial charge in [-0.05, 0) is 37.3 Å². The third-order valence-electron chi connectivity index (χ3n) is 4.32. The molecule has 0 unspecified atom stereocenters. The smallest absolute Gasteiger partial charge is 0.311 e. The summed E-state index contributed by atoms with van der Waals surface area (Å²) in [7, 11) is 0. The van der Waals surface area contributed by atoms with E-state index in [-0.39, 0.29) is 12.6 Å². The van der Waals surface area contributed by atoms with Crippen molar-refractivity contribution in [3.8, 4) is 0 Å². The van der Waals surface area contributed by atoms with Crippen molar-refractivity contribution in [2.75, 3.05) is 6.61 Å². The lowest BCUT2D eigenvalue weighted by atomic mass is 10.00. The van der Waals surface area contributed by atoms with Gasteiger partial charge >= 0.3 is 5.97 Å². The lowest BCUT2D eigenvalue weighted by Gasteiger charge is -2.17. The summed E-state index contributed by atoms with van der Waals surface area (Å²) in [5, 5.41) is 10.2. The first-order valence-corrected chi connectivity index (χ1v) is 9.17. The fourth-order valence-corrected chi connectivity index (χ4v) is 2.59. The van der Waals surface area contributed by atoms with Crippen LogP contribution in [0, 0.1) is 5.92 Å². The molecular formula is C22H28O4. The van der Waals surface area contributed by atoms with E-state index >= 15 is 0 Å². The van der Waals surface area contributed by atoms with Crippen molar-refractivity contribution < 1.29 is 19.4 Å². The van der Waals surface area contributed by atoms with Crippen LogP contribution in [0.1, 0.15) is 37.3 Å². The fraction of sp³-hybridized carbons (Fsp3) is 0.409. The highest BCUT2D eigenvalue weighted by molar-refractivity contribution is 5.72. The summed E-state index contributed by atoms with van der Waals surface area (Å²) in [4.78, 5) is 12.0. The zero-order valence-electron chi connectivity index (χ0n) is 15.3. The SMILES string of the molecule is C[C@H](C(=O)OCc1ccccc1)[C@H](O)CCCCOCc1ccccc1. The maximum Gasteiger partial charge on any atom is 0.311 e. The summed E-state index contributed by atoms with van der Waals surface area (Å²) in [6.45, 7) is 3.20. The first-order valence-electron chi connectivity index (χ1n) is 9.17. The summed E-state index contributed by atoms with van der Waals surface area (Å²) < 4.78 is 10.9. The molecule has 0 spiro atoms. The summed E-state index contributed by atoms with van der Waals surface area (Å²) in [6.07, 6.45) is 1.55. The van der Waals surface area contributed by atoms with Gasteiger partial charge in [-0.15, -0.1) is 0 Å². The highest BCUT2D eigenvalue weighted by Crippen LogP contribution is 2.14. The second-order valence-electron chi connectivity index (χ2n) is 6.48. The van der Waals surface area contributed by atoms with Crippen LogP contribution in [-0.2, 0) is 27.5 Å². The van der Waals surface area contributed by atoms with E-state index in [2.05, 4.69) is 0 Å². The molecule has 1 N–H and O–H groups in total. The molecule has 0 amide bonds. The molecule has 0 aliphatic rings. The minimum Gasteiger partial charge on any atom is -0.461 e. The van der Waals surface area contributed by atoms with Gasteiger partial charge in [0.15, 0.2) is 0 Å². The molecule has 0 radical (unpaired) electrons. The Balaban J connectivity index is 1.56. The Morgan fingerprint density at radius 2 is 1.50 bits per heavy atom. The highest BCUT2D eigenvalue weighted by atomic mass is 16.5. The fourth-order valence-electron chi connectivity index (χ4n) is 2.59. The third-order valence-corrected chi connectivity index (χ3v) is 4.32. The Hall–Kier alpha value is -2.17. The van der Waals surface area contributed by atoms with Crippen molar-refractivity contribution in [2.24, 2.45) is 5.92 Å². The molecular weight excluding hydrogens is 328 g/mol. The molecule has 4 nitrogen and oxygen atoms in total. The lowest BCUT2D eigenvalue weighted by Crippen LogP contribution is -2.27. The minimum absolute atomic E-state index is 0.240. The summed E-state index contributed by atoms with van der Waals surface area (Å²) >= 11 is 0. The van der Waals surface area contributed by atoms with Crippen LogP contribution in [0.15, 0.2) is 60.7 Å². The molecule has 2 atom stereocenters. The standard InChI is InChI=1S/C22H28O4/c1-18(22(24)26-17-20-12-6-3-7-13-20)21(23)14-8-9-15-25-16-19-10-4-2-5-11-19/h2-7,10-13,18,21,23H,8-9,14-17H2,1H3/t18-,21+/m0/s1. The van der Waals surface area contributed by atoms with Gasteiger partial charge in [0.05, 0.1) is 18.6 Å². The second-order valence-corrected chi connectivity index (χ2v) is 6.48. The van der Waals surface area contributed by atoms with E-state index in [4.69, 9.17) is 9.47 Å². The molecule has 0 aliphatic heterocycles. The molecule has 0 aromatic heterocycles. The number of benzene rings is 2. The van der Waals surface area contributed by atoms with Crippen molar-refractivity contribution in [1.29, 1.82) is 0 Å². The average Bonchev–Trinajstić information content (AvgIpc) is 2.69. The Bertz CT molecular complexity index is 627. The van der Waals surface area contributed by atoms with E-state index in [1.807, 2.05) is 60.7 Å². The maximum atomic E-state index is 12.0. The first kappa shape index (κ1) is 20.1. The van der Waals surface area contributed by atoms with Gasteiger partial charge in [-0.3, -0.25) is 4.79 Å². The van der Waals surface area contributed by atoms with Crippen LogP contribution in [0.4, 0.5) is 0 Å². The van der Waals surface area contributed by atoms with Crippen molar-refractivity contribution in [3.63, 3.8) is 0 Å². The number of unbranched alkanes of at least 4 members (excludes halogenated alkanes) is 1. The normalized spacial score (nSPS) is 13.2. The number of hydrogen-bond donors (Lipinski definition) is 1. The van der Waals surface area contributed by atoms with E-state index in [9.17, 15) is 9.90 Å². The van der Waals surface area contributed by atoms with Gasteiger partial charge in [0, 0.05) is 6.61 Å². The van der Waals surface area contributed by atoms with Crippen molar-refractivity contribution >= 4 is 5.97 Å². The highest BCUT2D eigenvalue weighted by Gasteiger charge is 2.23. The Morgan fingerprint density at radius 1 is 0.923 bits per heavy atom. The van der Waals surface area contributed by atoms with E-state index in [0.29, 0.717) is 19.6 Å². The molecule has 0 fully saturated rings. The van der Waals surface area contributed by atoms with Crippen LogP contribution in [0.25, 0.3) is 0 Å². The number of aliphatic hydroxyl groups is 1. The Labute approximate surface area is 155 Å². The molecule has 2 rings (SSSR count). The van der Waals surface area contributed by atoms with E-state index < -0.39 is 12.0 Å². The average molecular weight is 356 g/mol. The monoisotopic (exact) mass is 356 g/mol. The van der Waals surface area contributed by atoms with Gasteiger partial charge in [-0.1, -0.05) is 60.7 Å². The molecule has 2 aromatic rings. The molecule has 0 aliphatic carbocycles. The number of rotatable bonds is 11. The Kier molecular flexibility index (Phi) is 8.87. The summed E-state index contributed by atoms with van der Waals surface area (Å²) in [6, 6.07) is 19.6. The van der Waals surface area contributed by atoms with Crippen molar-refractivity contribution in [3.05, 3.63) is 71.8 Å². The number of carbonyl (C=O) groups is 1. The van der Waals surface area contributed by atoms with Crippen LogP contribution >= 0.6 is 0 Å². The predicted octanol–water partition coefficient (Wildman–Crippen LogP) is 4.11. The van der Waals surface area contributed by atoms with Gasteiger partial charge in [0.25, 0.3) is 0 Å². The van der Waals surface area contributed by atoms with Crippen molar-refractivity contribution in [1.82, 2.24) is 0 Å². The van der Waals surface area contributed by atoms with Crippen molar-refractivity contribution in [2.45, 2.75) is 45.5 Å². The van der Waals surface area contributed by atoms with Crippen LogP contribution in [-0.4, -0.2) is 23.8 Å². The van der Waals surface area contributed by atoms with Crippen LogP contribution in [0.3, 0.4) is 0 Å². The van der Waals surface area contributed by atoms with E-state index in [1.165, 1.54) is 0 Å². The maximum absolute atomic E-state index is 12.0.